The molecule has 2 aromatic rings. The van der Waals surface area contributed by atoms with E-state index in [4.69, 9.17) is 6.42 Å². The van der Waals surface area contributed by atoms with Crippen LogP contribution in [0.5, 0.6) is 0 Å². The quantitative estimate of drug-likeness (QED) is 0.624. The Labute approximate surface area is 152 Å². The topological polar surface area (TPSA) is 83.6 Å². The van der Waals surface area contributed by atoms with Crippen LogP contribution in [0.15, 0.2) is 53.4 Å². The Kier molecular flexibility index (Phi) is 5.93. The van der Waals surface area contributed by atoms with Gasteiger partial charge in [0.05, 0.1) is 11.4 Å². The van der Waals surface area contributed by atoms with E-state index in [0.29, 0.717) is 16.8 Å². The number of ketones is 1. The summed E-state index contributed by atoms with van der Waals surface area (Å²) in [5.74, 6) is 1.81. The maximum atomic E-state index is 12.5. The van der Waals surface area contributed by atoms with Crippen LogP contribution < -0.4 is 5.32 Å². The smallest absolute Gasteiger partial charge is 0.243 e. The van der Waals surface area contributed by atoms with Crippen molar-refractivity contribution in [3.63, 3.8) is 0 Å². The third-order valence-corrected chi connectivity index (χ3v) is 5.47. The first kappa shape index (κ1) is 19.4. The predicted molar refractivity (Wildman–Crippen MR) is 99.3 cm³/mol. The molecule has 0 fully saturated rings. The summed E-state index contributed by atoms with van der Waals surface area (Å²) in [6, 6.07) is 12.3. The highest BCUT2D eigenvalue weighted by molar-refractivity contribution is 7.89. The van der Waals surface area contributed by atoms with Gasteiger partial charge in [0.15, 0.2) is 5.78 Å². The number of Topliss-reactive ketones (excluding diaryl/α,β-unsaturated/α-hetero) is 1. The number of benzene rings is 2. The second kappa shape index (κ2) is 7.95. The van der Waals surface area contributed by atoms with Crippen molar-refractivity contribution in [2.45, 2.75) is 11.8 Å². The van der Waals surface area contributed by atoms with Crippen LogP contribution in [0.25, 0.3) is 0 Å². The highest BCUT2D eigenvalue weighted by Gasteiger charge is 2.23. The molecule has 0 radical (unpaired) electrons. The molecule has 0 saturated heterocycles. The number of sulfonamides is 1. The lowest BCUT2D eigenvalue weighted by atomic mass is 10.2. The van der Waals surface area contributed by atoms with Crippen LogP contribution in [0.4, 0.5) is 5.69 Å². The van der Waals surface area contributed by atoms with E-state index in [2.05, 4.69) is 11.2 Å². The number of rotatable bonds is 6. The average Bonchev–Trinajstić information content (AvgIpc) is 2.61. The molecule has 0 aromatic heterocycles. The van der Waals surface area contributed by atoms with Gasteiger partial charge in [0.1, 0.15) is 0 Å². The zero-order chi connectivity index (χ0) is 19.3. The number of likely N-dealkylation sites (N-methyl/N-ethyl adjacent to an activating group) is 1. The van der Waals surface area contributed by atoms with Crippen molar-refractivity contribution in [2.24, 2.45) is 0 Å². The van der Waals surface area contributed by atoms with Gasteiger partial charge >= 0.3 is 0 Å². The normalized spacial score (nSPS) is 11.0. The third-order valence-electron chi connectivity index (χ3n) is 3.65. The summed E-state index contributed by atoms with van der Waals surface area (Å²) >= 11 is 0. The molecule has 0 aliphatic carbocycles. The number of nitrogens with one attached hydrogen (secondary N) is 1. The Morgan fingerprint density at radius 3 is 2.38 bits per heavy atom. The molecule has 7 heteroatoms. The molecule has 1 amide bonds. The molecule has 2 rings (SSSR count). The summed E-state index contributed by atoms with van der Waals surface area (Å²) in [5, 5.41) is 2.61. The summed E-state index contributed by atoms with van der Waals surface area (Å²) in [4.78, 5) is 23.4. The standard InChI is InChI=1S/C19H18N2O4S/c1-4-15-6-5-7-17(12-15)20-19(23)13-21(3)26(24,25)18-10-8-16(9-11-18)14(2)22/h1,5-12H,13H2,2-3H3,(H,20,23). The molecule has 1 N–H and O–H groups in total. The number of hydrogen-bond acceptors (Lipinski definition) is 4. The molecule has 2 aromatic carbocycles. The van der Waals surface area contributed by atoms with Crippen LogP contribution in [0, 0.1) is 12.3 Å². The van der Waals surface area contributed by atoms with E-state index in [1.165, 1.54) is 38.2 Å². The molecule has 134 valence electrons. The Hall–Kier alpha value is -2.95. The molecule has 0 saturated carbocycles. The molecule has 0 heterocycles. The van der Waals surface area contributed by atoms with E-state index in [9.17, 15) is 18.0 Å². The van der Waals surface area contributed by atoms with Crippen molar-refractivity contribution >= 4 is 27.4 Å². The van der Waals surface area contributed by atoms with Gasteiger partial charge < -0.3 is 5.32 Å². The summed E-state index contributed by atoms with van der Waals surface area (Å²) in [6.07, 6.45) is 5.31. The predicted octanol–water partition coefficient (Wildman–Crippen LogP) is 2.13. The van der Waals surface area contributed by atoms with Crippen molar-refractivity contribution < 1.29 is 18.0 Å². The summed E-state index contributed by atoms with van der Waals surface area (Å²) in [7, 11) is -2.54. The lowest BCUT2D eigenvalue weighted by Crippen LogP contribution is -2.35. The van der Waals surface area contributed by atoms with Gasteiger partial charge in [0, 0.05) is 23.9 Å². The summed E-state index contributed by atoms with van der Waals surface area (Å²) < 4.78 is 26.0. The zero-order valence-electron chi connectivity index (χ0n) is 14.4. The van der Waals surface area contributed by atoms with E-state index in [0.717, 1.165) is 4.31 Å². The second-order valence-corrected chi connectivity index (χ2v) is 7.66. The molecule has 0 aliphatic heterocycles. The minimum Gasteiger partial charge on any atom is -0.325 e. The van der Waals surface area contributed by atoms with Gasteiger partial charge in [-0.25, -0.2) is 8.42 Å². The molecule has 6 nitrogen and oxygen atoms in total. The van der Waals surface area contributed by atoms with Gasteiger partial charge in [-0.1, -0.05) is 24.1 Å². The summed E-state index contributed by atoms with van der Waals surface area (Å²) in [5.41, 5.74) is 1.51. The summed E-state index contributed by atoms with van der Waals surface area (Å²) in [6.45, 7) is 1.03. The monoisotopic (exact) mass is 370 g/mol. The van der Waals surface area contributed by atoms with E-state index in [1.807, 2.05) is 0 Å². The fraction of sp³-hybridized carbons (Fsp3) is 0.158. The van der Waals surface area contributed by atoms with Crippen molar-refractivity contribution in [1.29, 1.82) is 0 Å². The third kappa shape index (κ3) is 4.57. The van der Waals surface area contributed by atoms with Gasteiger partial charge in [-0.2, -0.15) is 4.31 Å². The molecule has 0 unspecified atom stereocenters. The van der Waals surface area contributed by atoms with Crippen LogP contribution >= 0.6 is 0 Å². The van der Waals surface area contributed by atoms with Gasteiger partial charge in [0.25, 0.3) is 0 Å². The molecular weight excluding hydrogens is 352 g/mol. The van der Waals surface area contributed by atoms with Gasteiger partial charge in [-0.3, -0.25) is 9.59 Å². The average molecular weight is 370 g/mol. The minimum atomic E-state index is -3.85. The van der Waals surface area contributed by atoms with Crippen LogP contribution in [0.3, 0.4) is 0 Å². The van der Waals surface area contributed by atoms with E-state index >= 15 is 0 Å². The molecule has 0 atom stereocenters. The zero-order valence-corrected chi connectivity index (χ0v) is 15.2. The number of hydrogen-bond donors (Lipinski definition) is 1. The first-order valence-electron chi connectivity index (χ1n) is 7.68. The van der Waals surface area contributed by atoms with Crippen LogP contribution in [-0.4, -0.2) is 38.0 Å². The van der Waals surface area contributed by atoms with Crippen molar-refractivity contribution in [2.75, 3.05) is 18.9 Å². The molecule has 26 heavy (non-hydrogen) atoms. The van der Waals surface area contributed by atoms with E-state index in [-0.39, 0.29) is 17.2 Å². The van der Waals surface area contributed by atoms with Gasteiger partial charge in [-0.05, 0) is 37.3 Å². The number of carbonyl (C=O) groups excluding carboxylic acids is 2. The molecular formula is C19H18N2O4S. The molecule has 0 aliphatic rings. The first-order valence-corrected chi connectivity index (χ1v) is 9.12. The van der Waals surface area contributed by atoms with Crippen LogP contribution in [0.1, 0.15) is 22.8 Å². The molecule has 0 bridgehead atoms. The number of nitrogens with zero attached hydrogens (tertiary/aromatic N) is 1. The SMILES string of the molecule is C#Cc1cccc(NC(=O)CN(C)S(=O)(=O)c2ccc(C(C)=O)cc2)c1. The van der Waals surface area contributed by atoms with Crippen LogP contribution in [-0.2, 0) is 14.8 Å². The Balaban J connectivity index is 2.09. The fourth-order valence-electron chi connectivity index (χ4n) is 2.22. The van der Waals surface area contributed by atoms with Crippen molar-refractivity contribution in [1.82, 2.24) is 4.31 Å². The highest BCUT2D eigenvalue weighted by atomic mass is 32.2. The largest absolute Gasteiger partial charge is 0.325 e. The number of anilines is 1. The fourth-order valence-corrected chi connectivity index (χ4v) is 3.34. The van der Waals surface area contributed by atoms with Gasteiger partial charge in [0.2, 0.25) is 15.9 Å². The maximum absolute atomic E-state index is 12.5. The number of carbonyl (C=O) groups is 2. The Bertz CT molecular complexity index is 973. The highest BCUT2D eigenvalue weighted by Crippen LogP contribution is 2.16. The van der Waals surface area contributed by atoms with E-state index < -0.39 is 15.9 Å². The Morgan fingerprint density at radius 1 is 1.15 bits per heavy atom. The minimum absolute atomic E-state index is 0.00660. The van der Waals surface area contributed by atoms with E-state index in [1.54, 1.807) is 24.3 Å². The molecule has 0 spiro atoms. The number of terminal acetylenes is 1. The van der Waals surface area contributed by atoms with Crippen molar-refractivity contribution in [3.8, 4) is 12.3 Å². The maximum Gasteiger partial charge on any atom is 0.243 e. The second-order valence-electron chi connectivity index (χ2n) is 5.61. The Morgan fingerprint density at radius 2 is 1.81 bits per heavy atom. The first-order chi connectivity index (χ1) is 12.2. The van der Waals surface area contributed by atoms with Gasteiger partial charge in [-0.15, -0.1) is 6.42 Å². The lowest BCUT2D eigenvalue weighted by molar-refractivity contribution is -0.116. The number of amides is 1. The lowest BCUT2D eigenvalue weighted by Gasteiger charge is -2.17. The van der Waals surface area contributed by atoms with Crippen molar-refractivity contribution in [3.05, 3.63) is 59.7 Å². The van der Waals surface area contributed by atoms with Crippen LogP contribution in [0.2, 0.25) is 0 Å².